The summed E-state index contributed by atoms with van der Waals surface area (Å²) in [7, 11) is 0. The van der Waals surface area contributed by atoms with E-state index in [1.165, 1.54) is 60.5 Å². The van der Waals surface area contributed by atoms with Crippen molar-refractivity contribution < 1.29 is 0 Å². The molecular formula is C33H30. The van der Waals surface area contributed by atoms with Crippen molar-refractivity contribution in [1.29, 1.82) is 0 Å². The first-order valence-electron chi connectivity index (χ1n) is 12.0. The molecule has 0 bridgehead atoms. The summed E-state index contributed by atoms with van der Waals surface area (Å²) in [5, 5.41) is 5.36. The Kier molecular flexibility index (Phi) is 4.18. The summed E-state index contributed by atoms with van der Waals surface area (Å²) in [6.07, 6.45) is 0. The summed E-state index contributed by atoms with van der Waals surface area (Å²) >= 11 is 0. The number of hydrogen-bond donors (Lipinski definition) is 0. The third-order valence-electron chi connectivity index (χ3n) is 7.58. The van der Waals surface area contributed by atoms with Gasteiger partial charge in [-0.05, 0) is 84.1 Å². The molecule has 0 aliphatic heterocycles. The van der Waals surface area contributed by atoms with E-state index in [4.69, 9.17) is 0 Å². The van der Waals surface area contributed by atoms with Crippen LogP contribution in [0.4, 0.5) is 0 Å². The highest BCUT2D eigenvalue weighted by Crippen LogP contribution is 2.49. The van der Waals surface area contributed by atoms with Crippen molar-refractivity contribution >= 4 is 21.5 Å². The average Bonchev–Trinajstić information content (AvgIpc) is 3.04. The number of hydrogen-bond acceptors (Lipinski definition) is 0. The van der Waals surface area contributed by atoms with Gasteiger partial charge in [0.05, 0.1) is 0 Å². The van der Waals surface area contributed by atoms with Gasteiger partial charge in [-0.15, -0.1) is 0 Å². The second-order valence-electron chi connectivity index (χ2n) is 11.1. The molecule has 33 heavy (non-hydrogen) atoms. The van der Waals surface area contributed by atoms with Gasteiger partial charge >= 0.3 is 0 Å². The highest BCUT2D eigenvalue weighted by molar-refractivity contribution is 6.10. The predicted octanol–water partition coefficient (Wildman–Crippen LogP) is 9.26. The van der Waals surface area contributed by atoms with Crippen molar-refractivity contribution in [2.24, 2.45) is 0 Å². The fourth-order valence-electron chi connectivity index (χ4n) is 5.80. The van der Waals surface area contributed by atoms with Crippen LogP contribution in [-0.4, -0.2) is 0 Å². The maximum atomic E-state index is 2.42. The lowest BCUT2D eigenvalue weighted by atomic mass is 9.81. The topological polar surface area (TPSA) is 0 Å². The molecule has 0 atom stereocenters. The molecule has 0 saturated carbocycles. The molecule has 0 heteroatoms. The second-order valence-corrected chi connectivity index (χ2v) is 11.1. The molecule has 0 saturated heterocycles. The van der Waals surface area contributed by atoms with Gasteiger partial charge in [-0.2, -0.15) is 0 Å². The van der Waals surface area contributed by atoms with E-state index < -0.39 is 0 Å². The molecule has 0 heterocycles. The van der Waals surface area contributed by atoms with Crippen LogP contribution in [0, 0.1) is 0 Å². The van der Waals surface area contributed by atoms with Crippen LogP contribution < -0.4 is 0 Å². The first kappa shape index (κ1) is 20.2. The molecule has 5 aromatic carbocycles. The van der Waals surface area contributed by atoms with Crippen molar-refractivity contribution in [1.82, 2.24) is 0 Å². The van der Waals surface area contributed by atoms with Crippen molar-refractivity contribution in [2.45, 2.75) is 45.4 Å². The summed E-state index contributed by atoms with van der Waals surface area (Å²) in [5.41, 5.74) is 9.71. The van der Waals surface area contributed by atoms with Crippen molar-refractivity contribution in [3.05, 3.63) is 108 Å². The smallest absolute Gasteiger partial charge is 0.0159 e. The fourth-order valence-corrected chi connectivity index (χ4v) is 5.80. The minimum atomic E-state index is 0.0222. The van der Waals surface area contributed by atoms with Crippen LogP contribution in [0.5, 0.6) is 0 Å². The molecule has 0 spiro atoms. The summed E-state index contributed by atoms with van der Waals surface area (Å²) in [5.74, 6) is 0. The van der Waals surface area contributed by atoms with Gasteiger partial charge in [0.2, 0.25) is 0 Å². The molecule has 0 amide bonds. The van der Waals surface area contributed by atoms with E-state index in [9.17, 15) is 0 Å². The van der Waals surface area contributed by atoms with Crippen LogP contribution in [0.2, 0.25) is 0 Å². The number of fused-ring (bicyclic) bond motifs is 6. The molecule has 0 radical (unpaired) electrons. The van der Waals surface area contributed by atoms with E-state index in [1.54, 1.807) is 0 Å². The van der Waals surface area contributed by atoms with Gasteiger partial charge in [-0.1, -0.05) is 107 Å². The zero-order chi connectivity index (χ0) is 23.0. The highest BCUT2D eigenvalue weighted by Gasteiger charge is 2.35. The van der Waals surface area contributed by atoms with Gasteiger partial charge in [-0.25, -0.2) is 0 Å². The third kappa shape index (κ3) is 2.97. The Morgan fingerprint density at radius 3 is 1.97 bits per heavy atom. The second kappa shape index (κ2) is 6.81. The van der Waals surface area contributed by atoms with E-state index in [2.05, 4.69) is 126 Å². The van der Waals surface area contributed by atoms with Gasteiger partial charge in [-0.3, -0.25) is 0 Å². The molecule has 5 aromatic rings. The van der Waals surface area contributed by atoms with E-state index in [0.29, 0.717) is 0 Å². The molecule has 1 aliphatic carbocycles. The average molecular weight is 427 g/mol. The van der Waals surface area contributed by atoms with E-state index >= 15 is 0 Å². The first-order chi connectivity index (χ1) is 15.7. The van der Waals surface area contributed by atoms with Crippen molar-refractivity contribution in [2.75, 3.05) is 0 Å². The minimum Gasteiger partial charge on any atom is -0.0619 e. The first-order valence-corrected chi connectivity index (χ1v) is 12.0. The summed E-state index contributed by atoms with van der Waals surface area (Å²) < 4.78 is 0. The molecule has 0 unspecified atom stereocenters. The molecular weight excluding hydrogens is 396 g/mol. The molecule has 0 N–H and O–H groups in total. The number of benzene rings is 5. The Hall–Kier alpha value is -3.38. The lowest BCUT2D eigenvalue weighted by Crippen LogP contribution is -2.14. The Balaban J connectivity index is 1.55. The Bertz CT molecular complexity index is 1560. The van der Waals surface area contributed by atoms with Crippen LogP contribution >= 0.6 is 0 Å². The fraction of sp³-hybridized carbons (Fsp3) is 0.212. The molecule has 6 rings (SSSR count). The minimum absolute atomic E-state index is 0.0222. The maximum absolute atomic E-state index is 2.42. The van der Waals surface area contributed by atoms with Gasteiger partial charge in [0.15, 0.2) is 0 Å². The Morgan fingerprint density at radius 1 is 0.545 bits per heavy atom. The molecule has 0 nitrogen and oxygen atoms in total. The summed E-state index contributed by atoms with van der Waals surface area (Å²) in [4.78, 5) is 0. The standard InChI is InChI=1S/C33H30/c1-32(2,3)30-20-23-18-21(14-16-24(23)25-10-6-7-11-26(25)30)22-15-17-28-27-12-8-9-13-29(27)33(4,5)31(28)19-22/h6-20H,1-5H3. The quantitative estimate of drug-likeness (QED) is 0.234. The van der Waals surface area contributed by atoms with Crippen LogP contribution in [0.1, 0.15) is 51.3 Å². The zero-order valence-corrected chi connectivity index (χ0v) is 20.2. The normalized spacial score (nSPS) is 14.5. The molecule has 162 valence electrons. The summed E-state index contributed by atoms with van der Waals surface area (Å²) in [6, 6.07) is 34.1. The van der Waals surface area contributed by atoms with Crippen LogP contribution in [0.3, 0.4) is 0 Å². The van der Waals surface area contributed by atoms with Crippen molar-refractivity contribution in [3.8, 4) is 22.3 Å². The SMILES string of the molecule is CC(C)(C)c1cc2cc(-c3ccc4c(c3)C(C)(C)c3ccccc3-4)ccc2c2ccccc12. The van der Waals surface area contributed by atoms with Gasteiger partial charge in [0.1, 0.15) is 0 Å². The number of rotatable bonds is 1. The summed E-state index contributed by atoms with van der Waals surface area (Å²) in [6.45, 7) is 11.6. The van der Waals surface area contributed by atoms with E-state index in [1.807, 2.05) is 0 Å². The van der Waals surface area contributed by atoms with Crippen LogP contribution in [0.15, 0.2) is 91.0 Å². The third-order valence-corrected chi connectivity index (χ3v) is 7.58. The largest absolute Gasteiger partial charge is 0.0619 e. The lowest BCUT2D eigenvalue weighted by molar-refractivity contribution is 0.596. The maximum Gasteiger partial charge on any atom is 0.0159 e. The van der Waals surface area contributed by atoms with Gasteiger partial charge in [0.25, 0.3) is 0 Å². The molecule has 0 aromatic heterocycles. The molecule has 1 aliphatic rings. The highest BCUT2D eigenvalue weighted by atomic mass is 14.4. The Morgan fingerprint density at radius 2 is 1.18 bits per heavy atom. The Labute approximate surface area is 196 Å². The lowest BCUT2D eigenvalue weighted by Gasteiger charge is -2.23. The van der Waals surface area contributed by atoms with Gasteiger partial charge < -0.3 is 0 Å². The van der Waals surface area contributed by atoms with E-state index in [0.717, 1.165) is 0 Å². The monoisotopic (exact) mass is 426 g/mol. The predicted molar refractivity (Wildman–Crippen MR) is 143 cm³/mol. The van der Waals surface area contributed by atoms with E-state index in [-0.39, 0.29) is 10.8 Å². The zero-order valence-electron chi connectivity index (χ0n) is 20.2. The molecule has 0 fully saturated rings. The van der Waals surface area contributed by atoms with Crippen molar-refractivity contribution in [3.63, 3.8) is 0 Å². The van der Waals surface area contributed by atoms with Gasteiger partial charge in [0, 0.05) is 5.41 Å². The van der Waals surface area contributed by atoms with Crippen LogP contribution in [-0.2, 0) is 10.8 Å². The van der Waals surface area contributed by atoms with Crippen LogP contribution in [0.25, 0.3) is 43.8 Å².